The molecule has 0 radical (unpaired) electrons. The first-order valence-electron chi connectivity index (χ1n) is 7.45. The van der Waals surface area contributed by atoms with Crippen LogP contribution in [-0.4, -0.2) is 39.7 Å². The number of aromatic nitrogens is 2. The highest BCUT2D eigenvalue weighted by Crippen LogP contribution is 2.43. The van der Waals surface area contributed by atoms with Crippen LogP contribution in [0.2, 0.25) is 0 Å². The molecular weight excluding hydrogens is 311 g/mol. The molecule has 1 fully saturated rings. The summed E-state index contributed by atoms with van der Waals surface area (Å²) in [6.07, 6.45) is -3.23. The van der Waals surface area contributed by atoms with E-state index in [1.807, 2.05) is 0 Å². The third-order valence-electron chi connectivity index (χ3n) is 4.10. The van der Waals surface area contributed by atoms with Crippen molar-refractivity contribution in [2.24, 2.45) is 5.92 Å². The van der Waals surface area contributed by atoms with E-state index in [-0.39, 0.29) is 17.9 Å². The molecular formula is C15H18F3N3O2. The molecule has 2 heterocycles. The summed E-state index contributed by atoms with van der Waals surface area (Å²) in [4.78, 5) is 20.8. The van der Waals surface area contributed by atoms with Gasteiger partial charge in [-0.05, 0) is 38.7 Å². The van der Waals surface area contributed by atoms with Gasteiger partial charge in [0.2, 0.25) is 5.82 Å². The van der Waals surface area contributed by atoms with Crippen LogP contribution in [0.15, 0.2) is 6.20 Å². The van der Waals surface area contributed by atoms with Gasteiger partial charge in [-0.1, -0.05) is 0 Å². The largest absolute Gasteiger partial charge is 0.451 e. The average Bonchev–Trinajstić information content (AvgIpc) is 2.91. The monoisotopic (exact) mass is 329 g/mol. The first kappa shape index (κ1) is 16.0. The number of rotatable bonds is 0. The number of amides is 1. The quantitative estimate of drug-likeness (QED) is 0.734. The Kier molecular flexibility index (Phi) is 3.53. The molecule has 0 N–H and O–H groups in total. The van der Waals surface area contributed by atoms with Gasteiger partial charge < -0.3 is 9.64 Å². The number of carbonyl (C=O) groups excluding carboxylic acids is 1. The van der Waals surface area contributed by atoms with Gasteiger partial charge in [0, 0.05) is 30.9 Å². The van der Waals surface area contributed by atoms with Gasteiger partial charge in [0.1, 0.15) is 5.60 Å². The highest BCUT2D eigenvalue weighted by Gasteiger charge is 2.45. The van der Waals surface area contributed by atoms with Crippen molar-refractivity contribution in [1.29, 1.82) is 0 Å². The van der Waals surface area contributed by atoms with Gasteiger partial charge in [0.15, 0.2) is 0 Å². The maximum Gasteiger partial charge on any atom is 0.451 e. The van der Waals surface area contributed by atoms with Crippen LogP contribution >= 0.6 is 0 Å². The minimum absolute atomic E-state index is 0.0141. The smallest absolute Gasteiger partial charge is 0.444 e. The van der Waals surface area contributed by atoms with Crippen LogP contribution in [0, 0.1) is 5.92 Å². The lowest BCUT2D eigenvalue weighted by atomic mass is 9.98. The van der Waals surface area contributed by atoms with Crippen LogP contribution in [0.3, 0.4) is 0 Å². The molecule has 126 valence electrons. The van der Waals surface area contributed by atoms with Crippen molar-refractivity contribution < 1.29 is 22.7 Å². The molecule has 0 saturated carbocycles. The van der Waals surface area contributed by atoms with Gasteiger partial charge in [-0.15, -0.1) is 0 Å². The zero-order chi connectivity index (χ0) is 17.0. The van der Waals surface area contributed by atoms with Gasteiger partial charge in [-0.2, -0.15) is 13.2 Å². The minimum Gasteiger partial charge on any atom is -0.444 e. The zero-order valence-electron chi connectivity index (χ0n) is 13.1. The molecule has 1 aliphatic carbocycles. The molecule has 5 nitrogen and oxygen atoms in total. The highest BCUT2D eigenvalue weighted by molar-refractivity contribution is 5.69. The number of nitrogens with zero attached hydrogens (tertiary/aromatic N) is 3. The van der Waals surface area contributed by atoms with Crippen molar-refractivity contribution in [3.8, 4) is 0 Å². The van der Waals surface area contributed by atoms with Gasteiger partial charge in [0.25, 0.3) is 0 Å². The van der Waals surface area contributed by atoms with Crippen LogP contribution in [0.1, 0.15) is 43.8 Å². The molecule has 1 saturated heterocycles. The summed E-state index contributed by atoms with van der Waals surface area (Å²) in [5, 5.41) is 0. The third kappa shape index (κ3) is 3.11. The second kappa shape index (κ2) is 5.07. The van der Waals surface area contributed by atoms with Gasteiger partial charge in [-0.25, -0.2) is 14.8 Å². The molecule has 1 aromatic heterocycles. The first-order chi connectivity index (χ1) is 10.5. The molecule has 0 bridgehead atoms. The number of hydrogen-bond donors (Lipinski definition) is 0. The normalized spacial score (nSPS) is 23.7. The second-order valence-electron chi connectivity index (χ2n) is 7.05. The summed E-state index contributed by atoms with van der Waals surface area (Å²) in [7, 11) is 0. The van der Waals surface area contributed by atoms with E-state index in [1.54, 1.807) is 25.7 Å². The number of fused-ring (bicyclic) bond motifs is 3. The lowest BCUT2D eigenvalue weighted by molar-refractivity contribution is -0.145. The Labute approximate surface area is 131 Å². The molecule has 0 aromatic carbocycles. The summed E-state index contributed by atoms with van der Waals surface area (Å²) >= 11 is 0. The van der Waals surface area contributed by atoms with Crippen molar-refractivity contribution in [3.63, 3.8) is 0 Å². The Morgan fingerprint density at radius 3 is 2.61 bits per heavy atom. The van der Waals surface area contributed by atoms with Crippen molar-refractivity contribution in [1.82, 2.24) is 14.9 Å². The molecule has 3 rings (SSSR count). The Balaban J connectivity index is 1.75. The molecule has 2 aliphatic rings. The lowest BCUT2D eigenvalue weighted by Gasteiger charge is -2.25. The summed E-state index contributed by atoms with van der Waals surface area (Å²) in [6, 6.07) is 0. The molecule has 1 aromatic rings. The molecule has 1 aliphatic heterocycles. The standard InChI is InChI=1S/C15H18F3N3O2/c1-14(2,3)23-13(22)21-6-8-4-11-9(10(8)7-21)5-19-12(20-11)15(16,17)18/h5,8,10H,4,6-7H2,1-3H3. The van der Waals surface area contributed by atoms with Gasteiger partial charge in [-0.3, -0.25) is 0 Å². The molecule has 8 heteroatoms. The molecule has 23 heavy (non-hydrogen) atoms. The van der Waals surface area contributed by atoms with E-state index >= 15 is 0 Å². The summed E-state index contributed by atoms with van der Waals surface area (Å²) in [5.41, 5.74) is 0.595. The maximum absolute atomic E-state index is 12.7. The van der Waals surface area contributed by atoms with Crippen molar-refractivity contribution in [2.45, 2.75) is 44.9 Å². The van der Waals surface area contributed by atoms with Crippen LogP contribution in [0.5, 0.6) is 0 Å². The third-order valence-corrected chi connectivity index (χ3v) is 4.10. The van der Waals surface area contributed by atoms with Gasteiger partial charge >= 0.3 is 12.3 Å². The van der Waals surface area contributed by atoms with Crippen molar-refractivity contribution >= 4 is 6.09 Å². The minimum atomic E-state index is -4.53. The van der Waals surface area contributed by atoms with E-state index < -0.39 is 17.6 Å². The number of alkyl halides is 3. The zero-order valence-corrected chi connectivity index (χ0v) is 13.1. The number of likely N-dealkylation sites (tertiary alicyclic amines) is 1. The fourth-order valence-corrected chi connectivity index (χ4v) is 3.19. The van der Waals surface area contributed by atoms with Gasteiger partial charge in [0.05, 0.1) is 0 Å². The SMILES string of the molecule is CC(C)(C)OC(=O)N1CC2Cc3nc(C(F)(F)F)ncc3C2C1. The van der Waals surface area contributed by atoms with Crippen LogP contribution in [-0.2, 0) is 17.3 Å². The Morgan fingerprint density at radius 2 is 2.00 bits per heavy atom. The van der Waals surface area contributed by atoms with E-state index in [0.29, 0.717) is 30.8 Å². The maximum atomic E-state index is 12.7. The van der Waals surface area contributed by atoms with E-state index in [9.17, 15) is 18.0 Å². The average molecular weight is 329 g/mol. The van der Waals surface area contributed by atoms with Crippen LogP contribution in [0.25, 0.3) is 0 Å². The predicted molar refractivity (Wildman–Crippen MR) is 74.8 cm³/mol. The summed E-state index contributed by atoms with van der Waals surface area (Å²) in [5.74, 6) is -1.03. The summed E-state index contributed by atoms with van der Waals surface area (Å²) < 4.78 is 43.4. The number of carbonyl (C=O) groups is 1. The fourth-order valence-electron chi connectivity index (χ4n) is 3.19. The van der Waals surface area contributed by atoms with E-state index in [1.165, 1.54) is 6.20 Å². The molecule has 0 spiro atoms. The number of ether oxygens (including phenoxy) is 1. The fraction of sp³-hybridized carbons (Fsp3) is 0.667. The van der Waals surface area contributed by atoms with Crippen LogP contribution in [0.4, 0.5) is 18.0 Å². The number of halogens is 3. The topological polar surface area (TPSA) is 55.3 Å². The Hall–Kier alpha value is -1.86. The first-order valence-corrected chi connectivity index (χ1v) is 7.45. The highest BCUT2D eigenvalue weighted by atomic mass is 19.4. The second-order valence-corrected chi connectivity index (χ2v) is 7.05. The predicted octanol–water partition coefficient (Wildman–Crippen LogP) is 3.00. The molecule has 2 atom stereocenters. The van der Waals surface area contributed by atoms with E-state index in [4.69, 9.17) is 4.74 Å². The Morgan fingerprint density at radius 1 is 1.30 bits per heavy atom. The van der Waals surface area contributed by atoms with Crippen LogP contribution < -0.4 is 0 Å². The number of hydrogen-bond acceptors (Lipinski definition) is 4. The Bertz CT molecular complexity index is 640. The summed E-state index contributed by atoms with van der Waals surface area (Å²) in [6.45, 7) is 6.29. The lowest BCUT2D eigenvalue weighted by Crippen LogP contribution is -2.36. The van der Waals surface area contributed by atoms with Crippen molar-refractivity contribution in [3.05, 3.63) is 23.3 Å². The van der Waals surface area contributed by atoms with E-state index in [0.717, 1.165) is 0 Å². The molecule has 1 amide bonds. The van der Waals surface area contributed by atoms with Crippen molar-refractivity contribution in [2.75, 3.05) is 13.1 Å². The van der Waals surface area contributed by atoms with E-state index in [2.05, 4.69) is 9.97 Å². The molecule has 2 unspecified atom stereocenters.